The van der Waals surface area contributed by atoms with Crippen molar-refractivity contribution in [1.82, 2.24) is 9.88 Å². The van der Waals surface area contributed by atoms with E-state index in [1.807, 2.05) is 39.2 Å². The first-order chi connectivity index (χ1) is 14.3. The molecule has 0 bridgehead atoms. The molecule has 0 radical (unpaired) electrons. The zero-order valence-electron chi connectivity index (χ0n) is 17.6. The van der Waals surface area contributed by atoms with Crippen LogP contribution in [0.2, 0.25) is 0 Å². The van der Waals surface area contributed by atoms with E-state index in [-0.39, 0.29) is 24.0 Å². The monoisotopic (exact) mass is 460 g/mol. The molecule has 0 N–H and O–H groups in total. The van der Waals surface area contributed by atoms with Crippen LogP contribution >= 0.6 is 23.7 Å². The van der Waals surface area contributed by atoms with E-state index in [2.05, 4.69) is 4.90 Å². The minimum absolute atomic E-state index is 0. The number of fused-ring (bicyclic) bond motifs is 1. The number of nitro benzene ring substituents is 1. The second kappa shape index (κ2) is 11.0. The molecule has 0 fully saturated rings. The van der Waals surface area contributed by atoms with Gasteiger partial charge in [-0.25, -0.2) is 4.98 Å². The Morgan fingerprint density at radius 3 is 2.61 bits per heavy atom. The van der Waals surface area contributed by atoms with Crippen LogP contribution in [-0.2, 0) is 4.79 Å². The molecule has 0 spiro atoms. The van der Waals surface area contributed by atoms with Crippen molar-refractivity contribution < 1.29 is 9.72 Å². The normalized spacial score (nSPS) is 11.1. The van der Waals surface area contributed by atoms with Crippen LogP contribution in [0.4, 0.5) is 10.8 Å². The maximum atomic E-state index is 13.0. The second-order valence-electron chi connectivity index (χ2n) is 7.25. The third-order valence-corrected chi connectivity index (χ3v) is 5.64. The summed E-state index contributed by atoms with van der Waals surface area (Å²) >= 11 is 1.49. The fourth-order valence-electron chi connectivity index (χ4n) is 3.03. The van der Waals surface area contributed by atoms with Gasteiger partial charge in [-0.3, -0.25) is 19.8 Å². The molecule has 0 saturated heterocycles. The minimum Gasteiger partial charge on any atom is -0.309 e. The smallest absolute Gasteiger partial charge is 0.270 e. The van der Waals surface area contributed by atoms with Crippen LogP contribution in [0.5, 0.6) is 0 Å². The van der Waals surface area contributed by atoms with E-state index in [1.54, 1.807) is 23.1 Å². The van der Waals surface area contributed by atoms with Crippen molar-refractivity contribution in [2.24, 2.45) is 0 Å². The van der Waals surface area contributed by atoms with Crippen LogP contribution < -0.4 is 4.90 Å². The number of nitro groups is 1. The topological polar surface area (TPSA) is 79.6 Å². The molecular weight excluding hydrogens is 436 g/mol. The Morgan fingerprint density at radius 2 is 1.94 bits per heavy atom. The lowest BCUT2D eigenvalue weighted by Gasteiger charge is -2.19. The Hall–Kier alpha value is -2.81. The van der Waals surface area contributed by atoms with E-state index in [0.29, 0.717) is 17.2 Å². The van der Waals surface area contributed by atoms with Crippen LogP contribution in [0, 0.1) is 17.0 Å². The molecule has 3 aromatic rings. The molecule has 1 amide bonds. The highest BCUT2D eigenvalue weighted by Gasteiger charge is 2.18. The average molecular weight is 461 g/mol. The number of carbonyl (C=O) groups is 1. The quantitative estimate of drug-likeness (QED) is 0.270. The molecule has 3 rings (SSSR count). The number of rotatable bonds is 8. The Bertz CT molecular complexity index is 1100. The standard InChI is InChI=1S/C22H24N4O3S.ClH/c1-16-7-4-10-19-21(16)23-22(30-19)25(14-6-13-24(2)3)20(27)12-11-17-8-5-9-18(15-17)26(28)29;/h4-5,7-12,15H,6,13-14H2,1-3H3;1H/b12-11+;. The second-order valence-corrected chi connectivity index (χ2v) is 8.26. The Balaban J connectivity index is 0.00000341. The number of thiazole rings is 1. The molecule has 31 heavy (non-hydrogen) atoms. The van der Waals surface area contributed by atoms with Crippen LogP contribution in [0.15, 0.2) is 48.5 Å². The summed E-state index contributed by atoms with van der Waals surface area (Å²) in [5.74, 6) is -0.197. The Morgan fingerprint density at radius 1 is 1.19 bits per heavy atom. The predicted octanol–water partition coefficient (Wildman–Crippen LogP) is 4.93. The van der Waals surface area contributed by atoms with Gasteiger partial charge in [-0.05, 0) is 57.3 Å². The lowest BCUT2D eigenvalue weighted by Crippen LogP contribution is -2.32. The van der Waals surface area contributed by atoms with Gasteiger partial charge in [-0.1, -0.05) is 35.6 Å². The van der Waals surface area contributed by atoms with E-state index in [0.717, 1.165) is 28.7 Å². The van der Waals surface area contributed by atoms with Gasteiger partial charge >= 0.3 is 0 Å². The zero-order valence-corrected chi connectivity index (χ0v) is 19.3. The summed E-state index contributed by atoms with van der Waals surface area (Å²) in [5.41, 5.74) is 2.58. The largest absolute Gasteiger partial charge is 0.309 e. The number of aromatic nitrogens is 1. The van der Waals surface area contributed by atoms with Crippen LogP contribution in [0.3, 0.4) is 0 Å². The molecule has 2 aromatic carbocycles. The molecule has 0 aliphatic rings. The molecule has 9 heteroatoms. The Labute approximate surface area is 191 Å². The first-order valence-electron chi connectivity index (χ1n) is 9.60. The number of amides is 1. The van der Waals surface area contributed by atoms with Crippen LogP contribution in [0.1, 0.15) is 17.5 Å². The fraction of sp³-hybridized carbons (Fsp3) is 0.273. The minimum atomic E-state index is -0.448. The summed E-state index contributed by atoms with van der Waals surface area (Å²) in [6.07, 6.45) is 3.86. The molecule has 0 atom stereocenters. The van der Waals surface area contributed by atoms with Crippen molar-refractivity contribution in [3.63, 3.8) is 0 Å². The van der Waals surface area contributed by atoms with Gasteiger partial charge in [0.05, 0.1) is 15.1 Å². The van der Waals surface area contributed by atoms with Gasteiger partial charge in [-0.15, -0.1) is 12.4 Å². The highest BCUT2D eigenvalue weighted by atomic mass is 35.5. The van der Waals surface area contributed by atoms with E-state index >= 15 is 0 Å². The van der Waals surface area contributed by atoms with Gasteiger partial charge in [0.2, 0.25) is 0 Å². The molecule has 1 aromatic heterocycles. The molecule has 0 unspecified atom stereocenters. The number of non-ortho nitro benzene ring substituents is 1. The van der Waals surface area contributed by atoms with Gasteiger partial charge < -0.3 is 4.90 Å². The summed E-state index contributed by atoms with van der Waals surface area (Å²) in [6, 6.07) is 12.2. The highest BCUT2D eigenvalue weighted by molar-refractivity contribution is 7.22. The van der Waals surface area contributed by atoms with Crippen molar-refractivity contribution in [3.05, 3.63) is 69.8 Å². The number of aryl methyl sites for hydroxylation is 1. The molecule has 7 nitrogen and oxygen atoms in total. The van der Waals surface area contributed by atoms with Crippen molar-refractivity contribution in [3.8, 4) is 0 Å². The zero-order chi connectivity index (χ0) is 21.7. The van der Waals surface area contributed by atoms with Gasteiger partial charge in [0, 0.05) is 24.8 Å². The van der Waals surface area contributed by atoms with Crippen molar-refractivity contribution in [2.45, 2.75) is 13.3 Å². The lowest BCUT2D eigenvalue weighted by atomic mass is 10.2. The van der Waals surface area contributed by atoms with E-state index in [4.69, 9.17) is 4.98 Å². The fourth-order valence-corrected chi connectivity index (χ4v) is 4.11. The summed E-state index contributed by atoms with van der Waals surface area (Å²) in [5, 5.41) is 11.6. The number of halogens is 1. The molecule has 0 aliphatic carbocycles. The molecule has 0 aliphatic heterocycles. The molecular formula is C22H25ClN4O3S. The van der Waals surface area contributed by atoms with Crippen molar-refractivity contribution >= 4 is 56.8 Å². The predicted molar refractivity (Wildman–Crippen MR) is 129 cm³/mol. The van der Waals surface area contributed by atoms with E-state index < -0.39 is 4.92 Å². The van der Waals surface area contributed by atoms with Gasteiger partial charge in [0.1, 0.15) is 0 Å². The summed E-state index contributed by atoms with van der Waals surface area (Å²) < 4.78 is 1.04. The number of nitrogens with zero attached hydrogens (tertiary/aromatic N) is 4. The first kappa shape index (κ1) is 24.5. The lowest BCUT2D eigenvalue weighted by molar-refractivity contribution is -0.384. The number of hydrogen-bond donors (Lipinski definition) is 0. The van der Waals surface area contributed by atoms with Gasteiger partial charge in [0.25, 0.3) is 11.6 Å². The SMILES string of the molecule is Cc1cccc2sc(N(CCCN(C)C)C(=O)/C=C/c3cccc([N+](=O)[O-])c3)nc12.Cl. The molecule has 164 valence electrons. The van der Waals surface area contributed by atoms with Crippen molar-refractivity contribution in [1.29, 1.82) is 0 Å². The summed E-state index contributed by atoms with van der Waals surface area (Å²) in [7, 11) is 3.99. The third kappa shape index (κ3) is 6.33. The third-order valence-electron chi connectivity index (χ3n) is 4.59. The van der Waals surface area contributed by atoms with E-state index in [1.165, 1.54) is 29.5 Å². The number of para-hydroxylation sites is 1. The first-order valence-corrected chi connectivity index (χ1v) is 10.4. The summed E-state index contributed by atoms with van der Waals surface area (Å²) in [6.45, 7) is 3.39. The highest BCUT2D eigenvalue weighted by Crippen LogP contribution is 2.31. The number of anilines is 1. The van der Waals surface area contributed by atoms with Gasteiger partial charge in [-0.2, -0.15) is 0 Å². The molecule has 0 saturated carbocycles. The maximum Gasteiger partial charge on any atom is 0.270 e. The Kier molecular flexibility index (Phi) is 8.67. The average Bonchev–Trinajstić information content (AvgIpc) is 3.14. The molecule has 1 heterocycles. The van der Waals surface area contributed by atoms with Crippen molar-refractivity contribution in [2.75, 3.05) is 32.1 Å². The number of benzene rings is 2. The van der Waals surface area contributed by atoms with Crippen LogP contribution in [-0.4, -0.2) is 47.9 Å². The van der Waals surface area contributed by atoms with Gasteiger partial charge in [0.15, 0.2) is 5.13 Å². The van der Waals surface area contributed by atoms with Crippen LogP contribution in [0.25, 0.3) is 16.3 Å². The number of hydrogen-bond acceptors (Lipinski definition) is 6. The summed E-state index contributed by atoms with van der Waals surface area (Å²) in [4.78, 5) is 32.0. The number of carbonyl (C=O) groups excluding carboxylic acids is 1. The van der Waals surface area contributed by atoms with E-state index in [9.17, 15) is 14.9 Å². The maximum absolute atomic E-state index is 13.0.